The molecule has 1 nitrogen and oxygen atoms in total. The minimum atomic E-state index is -0.546. The van der Waals surface area contributed by atoms with E-state index < -0.39 is 6.17 Å². The van der Waals surface area contributed by atoms with E-state index in [1.165, 1.54) is 0 Å². The standard InChI is InChI=1S/C4H8FN/c1-6-4-2-3(4)5/h3-4,6H,2H2,1H3/t3-,4+/m1/s1. The van der Waals surface area contributed by atoms with Crippen LogP contribution in [-0.2, 0) is 0 Å². The van der Waals surface area contributed by atoms with Crippen LogP contribution in [0.2, 0.25) is 0 Å². The summed E-state index contributed by atoms with van der Waals surface area (Å²) in [4.78, 5) is 0. The van der Waals surface area contributed by atoms with E-state index in [-0.39, 0.29) is 6.04 Å². The van der Waals surface area contributed by atoms with Crippen molar-refractivity contribution < 1.29 is 4.39 Å². The molecular weight excluding hydrogens is 81.0 g/mol. The highest BCUT2D eigenvalue weighted by Crippen LogP contribution is 2.23. The van der Waals surface area contributed by atoms with Gasteiger partial charge in [-0.1, -0.05) is 0 Å². The summed E-state index contributed by atoms with van der Waals surface area (Å²) in [6.45, 7) is 0. The Kier molecular flexibility index (Phi) is 0.804. The van der Waals surface area contributed by atoms with Crippen LogP contribution < -0.4 is 5.32 Å². The lowest BCUT2D eigenvalue weighted by atomic mass is 10.7. The predicted octanol–water partition coefficient (Wildman–Crippen LogP) is 0.316. The first-order chi connectivity index (χ1) is 2.84. The van der Waals surface area contributed by atoms with Crippen LogP contribution in [0.4, 0.5) is 4.39 Å². The molecule has 36 valence electrons. The van der Waals surface area contributed by atoms with Gasteiger partial charge in [-0.25, -0.2) is 4.39 Å². The molecule has 0 aromatic heterocycles. The van der Waals surface area contributed by atoms with Gasteiger partial charge in [0.2, 0.25) is 0 Å². The number of halogens is 1. The van der Waals surface area contributed by atoms with Gasteiger partial charge in [-0.15, -0.1) is 0 Å². The fourth-order valence-corrected chi connectivity index (χ4v) is 0.463. The lowest BCUT2D eigenvalue weighted by Gasteiger charge is -1.82. The molecule has 2 heteroatoms. The van der Waals surface area contributed by atoms with Gasteiger partial charge >= 0.3 is 0 Å². The number of hydrogen-bond donors (Lipinski definition) is 1. The molecule has 0 spiro atoms. The van der Waals surface area contributed by atoms with E-state index in [4.69, 9.17) is 0 Å². The summed E-state index contributed by atoms with van der Waals surface area (Å²) in [5.74, 6) is 0. The maximum absolute atomic E-state index is 11.7. The zero-order chi connectivity index (χ0) is 4.57. The summed E-state index contributed by atoms with van der Waals surface area (Å²) in [6.07, 6.45) is 0.172. The summed E-state index contributed by atoms with van der Waals surface area (Å²) < 4.78 is 11.7. The van der Waals surface area contributed by atoms with Crippen molar-refractivity contribution in [3.63, 3.8) is 0 Å². The van der Waals surface area contributed by atoms with E-state index in [9.17, 15) is 4.39 Å². The summed E-state index contributed by atoms with van der Waals surface area (Å²) in [5, 5.41) is 2.81. The molecule has 6 heavy (non-hydrogen) atoms. The van der Waals surface area contributed by atoms with Crippen LogP contribution in [0, 0.1) is 0 Å². The van der Waals surface area contributed by atoms with Crippen LogP contribution in [0.25, 0.3) is 0 Å². The zero-order valence-electron chi connectivity index (χ0n) is 3.74. The van der Waals surface area contributed by atoms with E-state index >= 15 is 0 Å². The second kappa shape index (κ2) is 1.19. The molecule has 1 fully saturated rings. The van der Waals surface area contributed by atoms with E-state index in [2.05, 4.69) is 5.32 Å². The molecule has 1 N–H and O–H groups in total. The molecule has 0 aromatic carbocycles. The van der Waals surface area contributed by atoms with Crippen molar-refractivity contribution in [3.05, 3.63) is 0 Å². The third-order valence-electron chi connectivity index (χ3n) is 1.08. The van der Waals surface area contributed by atoms with E-state index in [0.717, 1.165) is 6.42 Å². The van der Waals surface area contributed by atoms with Gasteiger partial charge in [-0.3, -0.25) is 0 Å². The van der Waals surface area contributed by atoms with Crippen molar-refractivity contribution in [2.45, 2.75) is 18.6 Å². The second-order valence-electron chi connectivity index (χ2n) is 1.65. The third kappa shape index (κ3) is 0.522. The largest absolute Gasteiger partial charge is 0.314 e. The molecule has 0 amide bonds. The highest BCUT2D eigenvalue weighted by atomic mass is 19.1. The van der Waals surface area contributed by atoms with Gasteiger partial charge in [-0.05, 0) is 13.5 Å². The summed E-state index contributed by atoms with van der Waals surface area (Å²) in [5.41, 5.74) is 0. The van der Waals surface area contributed by atoms with Crippen molar-refractivity contribution in [1.82, 2.24) is 5.32 Å². The van der Waals surface area contributed by atoms with Gasteiger partial charge in [0.05, 0.1) is 0 Å². The fraction of sp³-hybridized carbons (Fsp3) is 1.00. The van der Waals surface area contributed by atoms with Crippen LogP contribution in [0.5, 0.6) is 0 Å². The van der Waals surface area contributed by atoms with Crippen LogP contribution in [-0.4, -0.2) is 19.3 Å². The van der Waals surface area contributed by atoms with Crippen LogP contribution >= 0.6 is 0 Å². The van der Waals surface area contributed by atoms with E-state index in [1.54, 1.807) is 7.05 Å². The van der Waals surface area contributed by atoms with Crippen molar-refractivity contribution in [2.24, 2.45) is 0 Å². The van der Waals surface area contributed by atoms with Gasteiger partial charge in [0.25, 0.3) is 0 Å². The van der Waals surface area contributed by atoms with Gasteiger partial charge in [0, 0.05) is 6.04 Å². The Balaban J connectivity index is 2.09. The summed E-state index contributed by atoms with van der Waals surface area (Å²) >= 11 is 0. The van der Waals surface area contributed by atoms with Gasteiger partial charge in [0.15, 0.2) is 0 Å². The molecule has 2 atom stereocenters. The quantitative estimate of drug-likeness (QED) is 0.487. The first kappa shape index (κ1) is 4.06. The van der Waals surface area contributed by atoms with Crippen molar-refractivity contribution >= 4 is 0 Å². The molecule has 1 saturated carbocycles. The van der Waals surface area contributed by atoms with Gasteiger partial charge < -0.3 is 5.32 Å². The van der Waals surface area contributed by atoms with Crippen molar-refractivity contribution in [2.75, 3.05) is 7.05 Å². The first-order valence-electron chi connectivity index (χ1n) is 2.16. The average Bonchev–Trinajstić information content (AvgIpc) is 2.19. The number of hydrogen-bond acceptors (Lipinski definition) is 1. The molecule has 0 saturated heterocycles. The lowest BCUT2D eigenvalue weighted by Crippen LogP contribution is -2.10. The maximum Gasteiger partial charge on any atom is 0.117 e. The number of nitrogens with one attached hydrogen (secondary N) is 1. The SMILES string of the molecule is CN[C@H]1C[C@H]1F. The normalized spacial score (nSPS) is 43.0. The minimum absolute atomic E-state index is 0.185. The molecule has 0 radical (unpaired) electrons. The Morgan fingerprint density at radius 2 is 2.33 bits per heavy atom. The van der Waals surface area contributed by atoms with E-state index in [0.29, 0.717) is 0 Å². The van der Waals surface area contributed by atoms with Crippen molar-refractivity contribution in [3.8, 4) is 0 Å². The van der Waals surface area contributed by atoms with Crippen LogP contribution in [0.3, 0.4) is 0 Å². The van der Waals surface area contributed by atoms with Gasteiger partial charge in [-0.2, -0.15) is 0 Å². The smallest absolute Gasteiger partial charge is 0.117 e. The predicted molar refractivity (Wildman–Crippen MR) is 22.4 cm³/mol. The molecule has 0 aliphatic heterocycles. The first-order valence-corrected chi connectivity index (χ1v) is 2.16. The Labute approximate surface area is 36.5 Å². The highest BCUT2D eigenvalue weighted by Gasteiger charge is 2.35. The Morgan fingerprint density at radius 3 is 2.33 bits per heavy atom. The average molecular weight is 89.1 g/mol. The number of alkyl halides is 1. The van der Waals surface area contributed by atoms with Crippen LogP contribution in [0.1, 0.15) is 6.42 Å². The lowest BCUT2D eigenvalue weighted by molar-refractivity contribution is 0.455. The molecule has 1 rings (SSSR count). The monoisotopic (exact) mass is 89.1 g/mol. The Morgan fingerprint density at radius 1 is 1.83 bits per heavy atom. The molecular formula is C4H8FN. The molecule has 0 aromatic rings. The molecule has 1 aliphatic rings. The molecule has 1 aliphatic carbocycles. The van der Waals surface area contributed by atoms with Gasteiger partial charge in [0.1, 0.15) is 6.17 Å². The molecule has 0 heterocycles. The summed E-state index contributed by atoms with van der Waals surface area (Å²) in [7, 11) is 1.78. The fourth-order valence-electron chi connectivity index (χ4n) is 0.463. The maximum atomic E-state index is 11.7. The molecule has 0 unspecified atom stereocenters. The molecule has 0 bridgehead atoms. The summed E-state index contributed by atoms with van der Waals surface area (Å²) in [6, 6.07) is 0.185. The van der Waals surface area contributed by atoms with Crippen molar-refractivity contribution in [1.29, 1.82) is 0 Å². The topological polar surface area (TPSA) is 12.0 Å². The highest BCUT2D eigenvalue weighted by molar-refractivity contribution is 4.92. The Bertz CT molecular complexity index is 53.5. The van der Waals surface area contributed by atoms with E-state index in [1.807, 2.05) is 0 Å². The Hall–Kier alpha value is -0.110. The minimum Gasteiger partial charge on any atom is -0.314 e. The third-order valence-corrected chi connectivity index (χ3v) is 1.08. The zero-order valence-corrected chi connectivity index (χ0v) is 3.74. The van der Waals surface area contributed by atoms with Crippen LogP contribution in [0.15, 0.2) is 0 Å². The number of rotatable bonds is 1. The second-order valence-corrected chi connectivity index (χ2v) is 1.65.